The lowest BCUT2D eigenvalue weighted by Gasteiger charge is -2.46. The molecule has 5 nitrogen and oxygen atoms in total. The topological polar surface area (TPSA) is 50.8 Å². The first-order valence-electron chi connectivity index (χ1n) is 9.73. The maximum absolute atomic E-state index is 12.1. The molecule has 1 spiro atoms. The summed E-state index contributed by atoms with van der Waals surface area (Å²) in [6, 6.07) is 10.8. The average molecular weight is 360 g/mol. The van der Waals surface area contributed by atoms with E-state index in [1.165, 1.54) is 5.56 Å². The standard InChI is InChI=1S/C21H32N2O3/c1-20(2,3)26-19(24)22-18-9-14-25-21(15-18)10-12-23(13-11-21)16-17-7-5-4-6-8-17/h4-8,18H,9-16H2,1-3H3,(H,22,24)/t18-/m0/s1. The third-order valence-electron chi connectivity index (χ3n) is 5.23. The van der Waals surface area contributed by atoms with Crippen LogP contribution in [0.4, 0.5) is 4.79 Å². The number of hydrogen-bond acceptors (Lipinski definition) is 4. The molecule has 0 unspecified atom stereocenters. The summed E-state index contributed by atoms with van der Waals surface area (Å²) in [6.45, 7) is 9.44. The highest BCUT2D eigenvalue weighted by atomic mass is 16.6. The van der Waals surface area contributed by atoms with Crippen molar-refractivity contribution in [3.05, 3.63) is 35.9 Å². The Hall–Kier alpha value is -1.59. The smallest absolute Gasteiger partial charge is 0.407 e. The van der Waals surface area contributed by atoms with Crippen molar-refractivity contribution in [1.82, 2.24) is 10.2 Å². The Morgan fingerprint density at radius 1 is 1.27 bits per heavy atom. The highest BCUT2D eigenvalue weighted by Crippen LogP contribution is 2.35. The molecule has 144 valence electrons. The Balaban J connectivity index is 1.49. The van der Waals surface area contributed by atoms with E-state index >= 15 is 0 Å². The fourth-order valence-corrected chi connectivity index (χ4v) is 3.93. The van der Waals surface area contributed by atoms with Crippen molar-refractivity contribution in [2.24, 2.45) is 0 Å². The van der Waals surface area contributed by atoms with Gasteiger partial charge >= 0.3 is 6.09 Å². The molecule has 0 aromatic heterocycles. The van der Waals surface area contributed by atoms with Crippen LogP contribution in [0.25, 0.3) is 0 Å². The van der Waals surface area contributed by atoms with E-state index in [4.69, 9.17) is 9.47 Å². The maximum Gasteiger partial charge on any atom is 0.407 e. The first kappa shape index (κ1) is 19.2. The zero-order valence-corrected chi connectivity index (χ0v) is 16.3. The Kier molecular flexibility index (Phi) is 5.88. The van der Waals surface area contributed by atoms with Crippen LogP contribution >= 0.6 is 0 Å². The molecule has 5 heteroatoms. The molecular formula is C21H32N2O3. The van der Waals surface area contributed by atoms with Crippen molar-refractivity contribution in [3.63, 3.8) is 0 Å². The first-order valence-corrected chi connectivity index (χ1v) is 9.73. The number of hydrogen-bond donors (Lipinski definition) is 1. The SMILES string of the molecule is CC(C)(C)OC(=O)N[C@H]1CCOC2(CCN(Cc3ccccc3)CC2)C1. The van der Waals surface area contributed by atoms with Crippen LogP contribution in [-0.2, 0) is 16.0 Å². The lowest BCUT2D eigenvalue weighted by atomic mass is 9.82. The fraction of sp³-hybridized carbons (Fsp3) is 0.667. The van der Waals surface area contributed by atoms with Gasteiger partial charge in [-0.15, -0.1) is 0 Å². The third-order valence-corrected chi connectivity index (χ3v) is 5.23. The zero-order chi connectivity index (χ0) is 18.6. The molecule has 1 atom stereocenters. The molecule has 1 N–H and O–H groups in total. The van der Waals surface area contributed by atoms with Crippen molar-refractivity contribution < 1.29 is 14.3 Å². The van der Waals surface area contributed by atoms with Gasteiger partial charge in [-0.25, -0.2) is 4.79 Å². The number of carbonyl (C=O) groups is 1. The number of nitrogens with one attached hydrogen (secondary N) is 1. The number of carbonyl (C=O) groups excluding carboxylic acids is 1. The van der Waals surface area contributed by atoms with Crippen LogP contribution in [0.5, 0.6) is 0 Å². The summed E-state index contributed by atoms with van der Waals surface area (Å²) in [7, 11) is 0. The van der Waals surface area contributed by atoms with E-state index in [0.29, 0.717) is 6.61 Å². The summed E-state index contributed by atoms with van der Waals surface area (Å²) in [5.41, 5.74) is 0.804. The molecule has 0 bridgehead atoms. The van der Waals surface area contributed by atoms with E-state index in [1.807, 2.05) is 20.8 Å². The van der Waals surface area contributed by atoms with Crippen LogP contribution in [0.1, 0.15) is 52.0 Å². The van der Waals surface area contributed by atoms with Crippen LogP contribution in [0, 0.1) is 0 Å². The number of benzene rings is 1. The Morgan fingerprint density at radius 3 is 2.62 bits per heavy atom. The second-order valence-corrected chi connectivity index (χ2v) is 8.63. The van der Waals surface area contributed by atoms with E-state index < -0.39 is 5.60 Å². The average Bonchev–Trinajstić information content (AvgIpc) is 2.57. The van der Waals surface area contributed by atoms with E-state index in [2.05, 4.69) is 40.5 Å². The number of likely N-dealkylation sites (tertiary alicyclic amines) is 1. The monoisotopic (exact) mass is 360 g/mol. The summed E-state index contributed by atoms with van der Waals surface area (Å²) in [5.74, 6) is 0. The molecule has 0 radical (unpaired) electrons. The van der Waals surface area contributed by atoms with E-state index in [9.17, 15) is 4.79 Å². The molecule has 2 aliphatic rings. The van der Waals surface area contributed by atoms with Gasteiger partial charge in [0.2, 0.25) is 0 Å². The largest absolute Gasteiger partial charge is 0.444 e. The molecule has 1 amide bonds. The molecule has 0 saturated carbocycles. The summed E-state index contributed by atoms with van der Waals surface area (Å²) in [6.07, 6.45) is 3.46. The lowest BCUT2D eigenvalue weighted by Crippen LogP contribution is -2.53. The molecule has 0 aliphatic carbocycles. The Morgan fingerprint density at radius 2 is 1.96 bits per heavy atom. The first-order chi connectivity index (χ1) is 12.3. The van der Waals surface area contributed by atoms with Gasteiger partial charge in [0.1, 0.15) is 5.60 Å². The zero-order valence-electron chi connectivity index (χ0n) is 16.3. The van der Waals surface area contributed by atoms with Gasteiger partial charge in [0, 0.05) is 32.3 Å². The minimum atomic E-state index is -0.463. The predicted molar refractivity (Wildman–Crippen MR) is 102 cm³/mol. The van der Waals surface area contributed by atoms with Gasteiger partial charge < -0.3 is 14.8 Å². The van der Waals surface area contributed by atoms with Gasteiger partial charge in [0.25, 0.3) is 0 Å². The van der Waals surface area contributed by atoms with E-state index in [1.54, 1.807) is 0 Å². The number of amides is 1. The molecule has 2 aliphatic heterocycles. The summed E-state index contributed by atoms with van der Waals surface area (Å²) < 4.78 is 11.6. The number of rotatable bonds is 3. The molecule has 1 aromatic carbocycles. The van der Waals surface area contributed by atoms with Gasteiger partial charge in [-0.1, -0.05) is 30.3 Å². The molecule has 2 fully saturated rings. The van der Waals surface area contributed by atoms with Crippen molar-refractivity contribution in [2.45, 2.75) is 70.2 Å². The van der Waals surface area contributed by atoms with Crippen LogP contribution in [-0.4, -0.2) is 47.9 Å². The van der Waals surface area contributed by atoms with Gasteiger partial charge in [-0.05, 0) is 52.0 Å². The van der Waals surface area contributed by atoms with Crippen molar-refractivity contribution >= 4 is 6.09 Å². The van der Waals surface area contributed by atoms with E-state index in [-0.39, 0.29) is 17.7 Å². The van der Waals surface area contributed by atoms with Crippen LogP contribution in [0.3, 0.4) is 0 Å². The highest BCUT2D eigenvalue weighted by molar-refractivity contribution is 5.68. The number of nitrogens with zero attached hydrogens (tertiary/aromatic N) is 1. The van der Waals surface area contributed by atoms with Gasteiger partial charge in [0.05, 0.1) is 5.60 Å². The molecule has 3 rings (SSSR count). The Bertz CT molecular complexity index is 589. The van der Waals surface area contributed by atoms with Gasteiger partial charge in [-0.3, -0.25) is 4.90 Å². The summed E-state index contributed by atoms with van der Waals surface area (Å²) >= 11 is 0. The molecule has 2 saturated heterocycles. The van der Waals surface area contributed by atoms with E-state index in [0.717, 1.165) is 45.3 Å². The second kappa shape index (κ2) is 7.97. The van der Waals surface area contributed by atoms with Gasteiger partial charge in [-0.2, -0.15) is 0 Å². The molecular weight excluding hydrogens is 328 g/mol. The third kappa shape index (κ3) is 5.45. The number of alkyl carbamates (subject to hydrolysis) is 1. The van der Waals surface area contributed by atoms with Crippen molar-refractivity contribution in [3.8, 4) is 0 Å². The highest BCUT2D eigenvalue weighted by Gasteiger charge is 2.40. The number of piperidine rings is 1. The van der Waals surface area contributed by atoms with Crippen molar-refractivity contribution in [1.29, 1.82) is 0 Å². The minimum absolute atomic E-state index is 0.0921. The van der Waals surface area contributed by atoms with Gasteiger partial charge in [0.15, 0.2) is 0 Å². The fourth-order valence-electron chi connectivity index (χ4n) is 3.93. The van der Waals surface area contributed by atoms with Crippen LogP contribution in [0.15, 0.2) is 30.3 Å². The predicted octanol–water partition coefficient (Wildman–Crippen LogP) is 3.72. The Labute approximate surface area is 157 Å². The molecule has 26 heavy (non-hydrogen) atoms. The second-order valence-electron chi connectivity index (χ2n) is 8.63. The van der Waals surface area contributed by atoms with Crippen molar-refractivity contribution in [2.75, 3.05) is 19.7 Å². The number of ether oxygens (including phenoxy) is 2. The lowest BCUT2D eigenvalue weighted by molar-refractivity contribution is -0.120. The summed E-state index contributed by atoms with van der Waals surface area (Å²) in [4.78, 5) is 14.6. The molecule has 2 heterocycles. The van der Waals surface area contributed by atoms with Crippen LogP contribution < -0.4 is 5.32 Å². The minimum Gasteiger partial charge on any atom is -0.444 e. The quantitative estimate of drug-likeness (QED) is 0.892. The maximum atomic E-state index is 12.1. The van der Waals surface area contributed by atoms with Crippen LogP contribution in [0.2, 0.25) is 0 Å². The normalized spacial score (nSPS) is 23.6. The molecule has 1 aromatic rings. The summed E-state index contributed by atoms with van der Waals surface area (Å²) in [5, 5.41) is 3.04.